The van der Waals surface area contributed by atoms with Crippen molar-refractivity contribution in [3.8, 4) is 0 Å². The lowest BCUT2D eigenvalue weighted by molar-refractivity contribution is -0.123. The molecule has 0 saturated carbocycles. The number of hydrogen-bond donors (Lipinski definition) is 1. The molecule has 1 aliphatic heterocycles. The molecule has 2 aromatic rings. The van der Waals surface area contributed by atoms with Crippen LogP contribution in [0.15, 0.2) is 60.7 Å². The van der Waals surface area contributed by atoms with Gasteiger partial charge in [0, 0.05) is 18.3 Å². The van der Waals surface area contributed by atoms with Crippen LogP contribution in [-0.2, 0) is 9.59 Å². The van der Waals surface area contributed by atoms with Gasteiger partial charge in [0.1, 0.15) is 6.04 Å². The van der Waals surface area contributed by atoms with Crippen LogP contribution in [0.2, 0.25) is 0 Å². The highest BCUT2D eigenvalue weighted by Gasteiger charge is 2.33. The maximum atomic E-state index is 12.5. The molecule has 2 amide bonds. The first-order valence-corrected chi connectivity index (χ1v) is 8.05. The van der Waals surface area contributed by atoms with E-state index in [-0.39, 0.29) is 11.8 Å². The van der Waals surface area contributed by atoms with E-state index in [4.69, 9.17) is 0 Å². The molecule has 1 aliphatic rings. The number of carbonyl (C=O) groups is 2. The fourth-order valence-corrected chi connectivity index (χ4v) is 2.75. The first-order chi connectivity index (χ1) is 11.6. The van der Waals surface area contributed by atoms with Crippen LogP contribution in [0.25, 0.3) is 6.08 Å². The van der Waals surface area contributed by atoms with Crippen molar-refractivity contribution in [3.63, 3.8) is 0 Å². The highest BCUT2D eigenvalue weighted by molar-refractivity contribution is 6.03. The molecule has 1 unspecified atom stereocenters. The molecule has 1 heterocycles. The number of nitrogens with one attached hydrogen (secondary N) is 1. The van der Waals surface area contributed by atoms with E-state index in [0.29, 0.717) is 13.0 Å². The maximum absolute atomic E-state index is 12.5. The van der Waals surface area contributed by atoms with E-state index in [1.165, 1.54) is 6.08 Å². The number of hydrogen-bond acceptors (Lipinski definition) is 2. The number of anilines is 1. The summed E-state index contributed by atoms with van der Waals surface area (Å²) in [6, 6.07) is 17.0. The van der Waals surface area contributed by atoms with Gasteiger partial charge >= 0.3 is 0 Å². The van der Waals surface area contributed by atoms with Crippen molar-refractivity contribution < 1.29 is 9.59 Å². The predicted octanol–water partition coefficient (Wildman–Crippen LogP) is 2.93. The molecule has 1 atom stereocenters. The van der Waals surface area contributed by atoms with E-state index in [1.807, 2.05) is 61.5 Å². The third-order valence-electron chi connectivity index (χ3n) is 4.09. The molecule has 1 saturated heterocycles. The lowest BCUT2D eigenvalue weighted by Gasteiger charge is -2.17. The van der Waals surface area contributed by atoms with Gasteiger partial charge in [0.15, 0.2) is 0 Å². The Kier molecular flexibility index (Phi) is 4.75. The predicted molar refractivity (Wildman–Crippen MR) is 95.6 cm³/mol. The molecule has 1 N–H and O–H groups in total. The number of nitrogens with zero attached hydrogens (tertiary/aromatic N) is 1. The minimum absolute atomic E-state index is 0.0553. The van der Waals surface area contributed by atoms with E-state index >= 15 is 0 Å². The molecule has 122 valence electrons. The fraction of sp³-hybridized carbons (Fsp3) is 0.200. The average molecular weight is 320 g/mol. The second-order valence-electron chi connectivity index (χ2n) is 5.92. The van der Waals surface area contributed by atoms with Gasteiger partial charge in [-0.25, -0.2) is 0 Å². The van der Waals surface area contributed by atoms with Crippen molar-refractivity contribution in [2.45, 2.75) is 19.4 Å². The molecule has 0 radical (unpaired) electrons. The zero-order valence-corrected chi connectivity index (χ0v) is 13.6. The molecule has 4 heteroatoms. The highest BCUT2D eigenvalue weighted by atomic mass is 16.2. The topological polar surface area (TPSA) is 49.4 Å². The van der Waals surface area contributed by atoms with Gasteiger partial charge in [-0.2, -0.15) is 0 Å². The zero-order chi connectivity index (χ0) is 16.9. The van der Waals surface area contributed by atoms with E-state index in [1.54, 1.807) is 11.0 Å². The zero-order valence-electron chi connectivity index (χ0n) is 13.6. The summed E-state index contributed by atoms with van der Waals surface area (Å²) in [5.41, 5.74) is 2.98. The quantitative estimate of drug-likeness (QED) is 0.881. The number of benzene rings is 2. The van der Waals surface area contributed by atoms with Crippen LogP contribution in [0, 0.1) is 6.92 Å². The SMILES string of the molecule is Cc1ccc(N2CCC(NC(=O)C=Cc3ccccc3)C2=O)cc1. The van der Waals surface area contributed by atoms with Gasteiger partial charge in [-0.15, -0.1) is 0 Å². The van der Waals surface area contributed by atoms with Crippen LogP contribution in [0.1, 0.15) is 17.5 Å². The van der Waals surface area contributed by atoms with Crippen molar-refractivity contribution in [2.75, 3.05) is 11.4 Å². The molecule has 24 heavy (non-hydrogen) atoms. The van der Waals surface area contributed by atoms with Crippen molar-refractivity contribution >= 4 is 23.6 Å². The largest absolute Gasteiger partial charge is 0.341 e. The van der Waals surface area contributed by atoms with E-state index < -0.39 is 6.04 Å². The van der Waals surface area contributed by atoms with Crippen LogP contribution in [0.4, 0.5) is 5.69 Å². The molecule has 0 spiro atoms. The Balaban J connectivity index is 1.60. The van der Waals surface area contributed by atoms with Gasteiger partial charge in [-0.05, 0) is 37.1 Å². The summed E-state index contributed by atoms with van der Waals surface area (Å²) < 4.78 is 0. The Morgan fingerprint density at radius 3 is 2.54 bits per heavy atom. The Morgan fingerprint density at radius 1 is 1.12 bits per heavy atom. The number of amides is 2. The Labute approximate surface area is 141 Å². The number of aryl methyl sites for hydroxylation is 1. The van der Waals surface area contributed by atoms with Gasteiger partial charge in [0.25, 0.3) is 0 Å². The van der Waals surface area contributed by atoms with Crippen LogP contribution in [0.5, 0.6) is 0 Å². The Hall–Kier alpha value is -2.88. The lowest BCUT2D eigenvalue weighted by Crippen LogP contribution is -2.40. The number of rotatable bonds is 4. The van der Waals surface area contributed by atoms with Crippen molar-refractivity contribution in [2.24, 2.45) is 0 Å². The van der Waals surface area contributed by atoms with Crippen LogP contribution >= 0.6 is 0 Å². The summed E-state index contributed by atoms with van der Waals surface area (Å²) in [7, 11) is 0. The van der Waals surface area contributed by atoms with E-state index in [0.717, 1.165) is 16.8 Å². The Morgan fingerprint density at radius 2 is 1.83 bits per heavy atom. The smallest absolute Gasteiger partial charge is 0.249 e. The second-order valence-corrected chi connectivity index (χ2v) is 5.92. The van der Waals surface area contributed by atoms with Crippen LogP contribution in [-0.4, -0.2) is 24.4 Å². The van der Waals surface area contributed by atoms with Crippen LogP contribution in [0.3, 0.4) is 0 Å². The summed E-state index contributed by atoms with van der Waals surface area (Å²) in [4.78, 5) is 26.3. The lowest BCUT2D eigenvalue weighted by atomic mass is 10.2. The van der Waals surface area contributed by atoms with Gasteiger partial charge in [-0.3, -0.25) is 9.59 Å². The summed E-state index contributed by atoms with van der Waals surface area (Å²) in [5, 5.41) is 2.79. The fourth-order valence-electron chi connectivity index (χ4n) is 2.75. The molecular weight excluding hydrogens is 300 g/mol. The first-order valence-electron chi connectivity index (χ1n) is 8.05. The third kappa shape index (κ3) is 3.71. The molecule has 0 bridgehead atoms. The number of carbonyl (C=O) groups excluding carboxylic acids is 2. The molecule has 0 aliphatic carbocycles. The second kappa shape index (κ2) is 7.13. The molecule has 0 aromatic heterocycles. The average Bonchev–Trinajstić information content (AvgIpc) is 2.95. The summed E-state index contributed by atoms with van der Waals surface area (Å²) in [6.07, 6.45) is 3.83. The summed E-state index contributed by atoms with van der Waals surface area (Å²) in [6.45, 7) is 2.63. The maximum Gasteiger partial charge on any atom is 0.249 e. The summed E-state index contributed by atoms with van der Waals surface area (Å²) in [5.74, 6) is -0.303. The monoisotopic (exact) mass is 320 g/mol. The minimum atomic E-state index is -0.459. The molecule has 3 rings (SSSR count). The van der Waals surface area contributed by atoms with Crippen molar-refractivity contribution in [3.05, 3.63) is 71.8 Å². The molecular formula is C20H20N2O2. The minimum Gasteiger partial charge on any atom is -0.341 e. The van der Waals surface area contributed by atoms with Gasteiger partial charge in [0.05, 0.1) is 0 Å². The normalized spacial score (nSPS) is 17.5. The van der Waals surface area contributed by atoms with E-state index in [2.05, 4.69) is 5.32 Å². The van der Waals surface area contributed by atoms with Gasteiger partial charge in [-0.1, -0.05) is 48.0 Å². The van der Waals surface area contributed by atoms with Crippen LogP contribution < -0.4 is 10.2 Å². The van der Waals surface area contributed by atoms with Gasteiger partial charge < -0.3 is 10.2 Å². The first kappa shape index (κ1) is 16.0. The molecule has 2 aromatic carbocycles. The Bertz CT molecular complexity index is 751. The molecule has 4 nitrogen and oxygen atoms in total. The highest BCUT2D eigenvalue weighted by Crippen LogP contribution is 2.22. The third-order valence-corrected chi connectivity index (χ3v) is 4.09. The standard InChI is InChI=1S/C20H20N2O2/c1-15-7-10-17(11-8-15)22-14-13-18(20(22)24)21-19(23)12-9-16-5-3-2-4-6-16/h2-12,18H,13-14H2,1H3,(H,21,23). The van der Waals surface area contributed by atoms with Crippen molar-refractivity contribution in [1.82, 2.24) is 5.32 Å². The summed E-state index contributed by atoms with van der Waals surface area (Å²) >= 11 is 0. The van der Waals surface area contributed by atoms with Gasteiger partial charge in [0.2, 0.25) is 11.8 Å². The van der Waals surface area contributed by atoms with E-state index in [9.17, 15) is 9.59 Å². The van der Waals surface area contributed by atoms with Crippen molar-refractivity contribution in [1.29, 1.82) is 0 Å². The molecule has 1 fully saturated rings.